The fraction of sp³-hybridized carbons (Fsp3) is 0.263. The standard InChI is InChI=1S/C19H19ClN4O/c20-15-5-3-14(4-6-15)19-23-22-18(25-19)13-21-16-7-9-17(10-8-16)24-11-1-2-12-24/h3-10,21H,1-2,11-13H2. The van der Waals surface area contributed by atoms with Gasteiger partial charge in [-0.1, -0.05) is 11.6 Å². The van der Waals surface area contributed by atoms with Gasteiger partial charge in [-0.05, 0) is 61.4 Å². The Morgan fingerprint density at radius 2 is 1.68 bits per heavy atom. The number of rotatable bonds is 5. The summed E-state index contributed by atoms with van der Waals surface area (Å²) < 4.78 is 5.70. The monoisotopic (exact) mass is 354 g/mol. The average molecular weight is 355 g/mol. The van der Waals surface area contributed by atoms with E-state index < -0.39 is 0 Å². The Kier molecular flexibility index (Phi) is 4.57. The predicted octanol–water partition coefficient (Wildman–Crippen LogP) is 4.60. The lowest BCUT2D eigenvalue weighted by Gasteiger charge is -2.17. The molecule has 0 bridgehead atoms. The first kappa shape index (κ1) is 16.0. The molecule has 0 unspecified atom stereocenters. The molecule has 0 amide bonds. The van der Waals surface area contributed by atoms with Gasteiger partial charge in [0.1, 0.15) is 0 Å². The zero-order chi connectivity index (χ0) is 17.1. The van der Waals surface area contributed by atoms with Crippen LogP contribution < -0.4 is 10.2 Å². The molecule has 1 aliphatic heterocycles. The van der Waals surface area contributed by atoms with Crippen molar-refractivity contribution in [2.45, 2.75) is 19.4 Å². The fourth-order valence-corrected chi connectivity index (χ4v) is 3.10. The quantitative estimate of drug-likeness (QED) is 0.725. The summed E-state index contributed by atoms with van der Waals surface area (Å²) in [4.78, 5) is 2.42. The molecule has 0 atom stereocenters. The van der Waals surface area contributed by atoms with Crippen molar-refractivity contribution >= 4 is 23.0 Å². The van der Waals surface area contributed by atoms with Gasteiger partial charge in [0.2, 0.25) is 11.8 Å². The van der Waals surface area contributed by atoms with Crippen molar-refractivity contribution in [2.24, 2.45) is 0 Å². The second-order valence-corrected chi connectivity index (χ2v) is 6.54. The zero-order valence-corrected chi connectivity index (χ0v) is 14.5. The minimum Gasteiger partial charge on any atom is -0.419 e. The van der Waals surface area contributed by atoms with Crippen LogP contribution in [0.2, 0.25) is 5.02 Å². The first-order chi connectivity index (χ1) is 12.3. The minimum atomic E-state index is 0.490. The van der Waals surface area contributed by atoms with Crippen molar-refractivity contribution in [3.05, 3.63) is 59.4 Å². The van der Waals surface area contributed by atoms with E-state index in [9.17, 15) is 0 Å². The van der Waals surface area contributed by atoms with Gasteiger partial charge in [0, 0.05) is 35.1 Å². The molecule has 25 heavy (non-hydrogen) atoms. The van der Waals surface area contributed by atoms with Crippen LogP contribution in [0.4, 0.5) is 11.4 Å². The van der Waals surface area contributed by atoms with E-state index in [2.05, 4.69) is 44.7 Å². The lowest BCUT2D eigenvalue weighted by molar-refractivity contribution is 0.515. The molecule has 0 radical (unpaired) electrons. The highest BCUT2D eigenvalue weighted by molar-refractivity contribution is 6.30. The number of anilines is 2. The van der Waals surface area contributed by atoms with Gasteiger partial charge in [0.15, 0.2) is 0 Å². The molecule has 0 spiro atoms. The van der Waals surface area contributed by atoms with E-state index in [0.717, 1.165) is 24.3 Å². The Balaban J connectivity index is 1.37. The molecule has 1 N–H and O–H groups in total. The van der Waals surface area contributed by atoms with E-state index in [1.807, 2.05) is 12.1 Å². The van der Waals surface area contributed by atoms with Crippen LogP contribution in [0.25, 0.3) is 11.5 Å². The highest BCUT2D eigenvalue weighted by Crippen LogP contribution is 2.23. The Hall–Kier alpha value is -2.53. The number of hydrogen-bond donors (Lipinski definition) is 1. The molecule has 128 valence electrons. The summed E-state index contributed by atoms with van der Waals surface area (Å²) in [6.45, 7) is 2.80. The first-order valence-corrected chi connectivity index (χ1v) is 8.83. The van der Waals surface area contributed by atoms with E-state index in [0.29, 0.717) is 23.3 Å². The first-order valence-electron chi connectivity index (χ1n) is 8.45. The van der Waals surface area contributed by atoms with Crippen LogP contribution in [-0.4, -0.2) is 23.3 Å². The van der Waals surface area contributed by atoms with Gasteiger partial charge >= 0.3 is 0 Å². The third-order valence-electron chi connectivity index (χ3n) is 4.34. The van der Waals surface area contributed by atoms with Crippen molar-refractivity contribution in [3.63, 3.8) is 0 Å². The fourth-order valence-electron chi connectivity index (χ4n) is 2.98. The summed E-state index contributed by atoms with van der Waals surface area (Å²) in [5.41, 5.74) is 3.18. The van der Waals surface area contributed by atoms with Crippen molar-refractivity contribution in [1.82, 2.24) is 10.2 Å². The summed E-state index contributed by atoms with van der Waals surface area (Å²) >= 11 is 5.89. The van der Waals surface area contributed by atoms with Gasteiger partial charge < -0.3 is 14.6 Å². The summed E-state index contributed by atoms with van der Waals surface area (Å²) in [7, 11) is 0. The molecule has 1 saturated heterocycles. The van der Waals surface area contributed by atoms with Crippen molar-refractivity contribution in [3.8, 4) is 11.5 Å². The molecule has 2 aromatic carbocycles. The molecule has 1 aliphatic rings. The molecule has 0 saturated carbocycles. The lowest BCUT2D eigenvalue weighted by Crippen LogP contribution is -2.17. The zero-order valence-electron chi connectivity index (χ0n) is 13.8. The third kappa shape index (κ3) is 3.77. The Morgan fingerprint density at radius 3 is 2.40 bits per heavy atom. The molecule has 5 nitrogen and oxygen atoms in total. The van der Waals surface area contributed by atoms with Crippen molar-refractivity contribution in [1.29, 1.82) is 0 Å². The maximum absolute atomic E-state index is 5.89. The normalized spacial score (nSPS) is 14.0. The number of hydrogen-bond acceptors (Lipinski definition) is 5. The number of nitrogens with zero attached hydrogens (tertiary/aromatic N) is 3. The van der Waals surface area contributed by atoms with Gasteiger partial charge in [0.05, 0.1) is 6.54 Å². The Bertz CT molecular complexity index is 823. The van der Waals surface area contributed by atoms with Crippen molar-refractivity contribution < 1.29 is 4.42 Å². The maximum atomic E-state index is 5.89. The van der Waals surface area contributed by atoms with Crippen LogP contribution >= 0.6 is 11.6 Å². The summed E-state index contributed by atoms with van der Waals surface area (Å²) in [6.07, 6.45) is 2.57. The van der Waals surface area contributed by atoms with Gasteiger partial charge in [0.25, 0.3) is 0 Å². The van der Waals surface area contributed by atoms with Gasteiger partial charge in [-0.25, -0.2) is 0 Å². The SMILES string of the molecule is Clc1ccc(-c2nnc(CNc3ccc(N4CCCC4)cc3)o2)cc1. The van der Waals surface area contributed by atoms with E-state index >= 15 is 0 Å². The van der Waals surface area contributed by atoms with Crippen LogP contribution in [0.5, 0.6) is 0 Å². The highest BCUT2D eigenvalue weighted by atomic mass is 35.5. The van der Waals surface area contributed by atoms with E-state index in [1.165, 1.54) is 18.5 Å². The second kappa shape index (κ2) is 7.15. The molecule has 4 rings (SSSR count). The van der Waals surface area contributed by atoms with Crippen LogP contribution in [0.15, 0.2) is 52.9 Å². The number of aromatic nitrogens is 2. The molecule has 1 aromatic heterocycles. The average Bonchev–Trinajstić information content (AvgIpc) is 3.33. The Morgan fingerprint density at radius 1 is 0.960 bits per heavy atom. The van der Waals surface area contributed by atoms with Gasteiger partial charge in [-0.3, -0.25) is 0 Å². The van der Waals surface area contributed by atoms with E-state index in [1.54, 1.807) is 12.1 Å². The highest BCUT2D eigenvalue weighted by Gasteiger charge is 2.12. The maximum Gasteiger partial charge on any atom is 0.247 e. The summed E-state index contributed by atoms with van der Waals surface area (Å²) in [5, 5.41) is 12.2. The van der Waals surface area contributed by atoms with Crippen molar-refractivity contribution in [2.75, 3.05) is 23.3 Å². The number of nitrogens with one attached hydrogen (secondary N) is 1. The van der Waals surface area contributed by atoms with E-state index in [4.69, 9.17) is 16.0 Å². The van der Waals surface area contributed by atoms with Crippen LogP contribution in [-0.2, 0) is 6.54 Å². The van der Waals surface area contributed by atoms with Crippen LogP contribution in [0.1, 0.15) is 18.7 Å². The smallest absolute Gasteiger partial charge is 0.247 e. The molecule has 0 aliphatic carbocycles. The van der Waals surface area contributed by atoms with Gasteiger partial charge in [-0.15, -0.1) is 10.2 Å². The second-order valence-electron chi connectivity index (χ2n) is 6.10. The Labute approximate surface area is 151 Å². The molecular formula is C19H19ClN4O. The molecule has 3 aromatic rings. The molecule has 2 heterocycles. The van der Waals surface area contributed by atoms with Gasteiger partial charge in [-0.2, -0.15) is 0 Å². The summed E-state index contributed by atoms with van der Waals surface area (Å²) in [6, 6.07) is 15.8. The molecule has 6 heteroatoms. The number of halogens is 1. The topological polar surface area (TPSA) is 54.2 Å². The summed E-state index contributed by atoms with van der Waals surface area (Å²) in [5.74, 6) is 1.05. The van der Waals surface area contributed by atoms with Crippen LogP contribution in [0.3, 0.4) is 0 Å². The lowest BCUT2D eigenvalue weighted by atomic mass is 10.2. The molecule has 1 fully saturated rings. The van der Waals surface area contributed by atoms with E-state index in [-0.39, 0.29) is 0 Å². The molecular weight excluding hydrogens is 336 g/mol. The largest absolute Gasteiger partial charge is 0.419 e. The minimum absolute atomic E-state index is 0.490. The predicted molar refractivity (Wildman–Crippen MR) is 100.0 cm³/mol. The van der Waals surface area contributed by atoms with Crippen LogP contribution in [0, 0.1) is 0 Å². The number of benzene rings is 2. The third-order valence-corrected chi connectivity index (χ3v) is 4.59.